The van der Waals surface area contributed by atoms with Crippen molar-refractivity contribution in [3.8, 4) is 5.88 Å². The van der Waals surface area contributed by atoms with Crippen LogP contribution < -0.4 is 20.3 Å². The highest BCUT2D eigenvalue weighted by atomic mass is 35.5. The average Bonchev–Trinajstić information content (AvgIpc) is 2.54. The molecule has 9 heteroatoms. The maximum Gasteiger partial charge on any atom is 0.233 e. The number of nitrogens with two attached hydrogens (primary N) is 1. The fraction of sp³-hybridized carbons (Fsp3) is 0.385. The van der Waals surface area contributed by atoms with E-state index in [0.29, 0.717) is 11.0 Å². The third kappa shape index (κ3) is 3.11. The van der Waals surface area contributed by atoms with Gasteiger partial charge in [-0.25, -0.2) is 4.98 Å². The van der Waals surface area contributed by atoms with Gasteiger partial charge in [-0.1, -0.05) is 11.6 Å². The van der Waals surface area contributed by atoms with Gasteiger partial charge in [-0.2, -0.15) is 9.97 Å². The highest BCUT2D eigenvalue weighted by Gasteiger charge is 2.20. The molecule has 0 unspecified atom stereocenters. The molecular weight excluding hydrogens is 306 g/mol. The molecule has 3 heterocycles. The lowest BCUT2D eigenvalue weighted by atomic mass is 10.3. The highest BCUT2D eigenvalue weighted by Crippen LogP contribution is 2.21. The van der Waals surface area contributed by atoms with Crippen molar-refractivity contribution in [2.75, 3.05) is 48.8 Å². The van der Waals surface area contributed by atoms with Gasteiger partial charge in [-0.3, -0.25) is 4.98 Å². The first-order valence-corrected chi connectivity index (χ1v) is 7.19. The van der Waals surface area contributed by atoms with E-state index in [9.17, 15) is 0 Å². The van der Waals surface area contributed by atoms with E-state index >= 15 is 0 Å². The van der Waals surface area contributed by atoms with E-state index in [4.69, 9.17) is 22.1 Å². The van der Waals surface area contributed by atoms with Crippen molar-refractivity contribution in [1.29, 1.82) is 0 Å². The standard InChI is InChI=1S/C13H16ClN7O/c1-22-12-8-16-7-11(18-12)21-4-2-20(3-5-21)10-6-9(14)17-13(15)19-10/h6-8H,2-5H2,1H3,(H2,15,17,19). The summed E-state index contributed by atoms with van der Waals surface area (Å²) in [7, 11) is 1.58. The molecule has 3 rings (SSSR count). The van der Waals surface area contributed by atoms with Gasteiger partial charge in [0, 0.05) is 32.2 Å². The number of nitrogen functional groups attached to an aromatic ring is 1. The van der Waals surface area contributed by atoms with Gasteiger partial charge >= 0.3 is 0 Å². The zero-order valence-corrected chi connectivity index (χ0v) is 12.9. The van der Waals surface area contributed by atoms with Crippen LogP contribution in [0, 0.1) is 0 Å². The minimum absolute atomic E-state index is 0.184. The number of piperazine rings is 1. The maximum absolute atomic E-state index is 5.93. The molecule has 8 nitrogen and oxygen atoms in total. The molecule has 1 aliphatic rings. The summed E-state index contributed by atoms with van der Waals surface area (Å²) in [5, 5.41) is 0.351. The first-order chi connectivity index (χ1) is 10.7. The van der Waals surface area contributed by atoms with Crippen LogP contribution in [0.3, 0.4) is 0 Å². The Morgan fingerprint density at radius 2 is 1.73 bits per heavy atom. The largest absolute Gasteiger partial charge is 0.480 e. The van der Waals surface area contributed by atoms with Gasteiger partial charge in [0.05, 0.1) is 19.5 Å². The fourth-order valence-corrected chi connectivity index (χ4v) is 2.52. The second kappa shape index (κ2) is 6.18. The van der Waals surface area contributed by atoms with Crippen LogP contribution in [0.4, 0.5) is 17.6 Å². The summed E-state index contributed by atoms with van der Waals surface area (Å²) in [6.45, 7) is 3.16. The Bertz CT molecular complexity index is 640. The molecule has 2 aromatic rings. The van der Waals surface area contributed by atoms with E-state index in [0.717, 1.165) is 37.8 Å². The summed E-state index contributed by atoms with van der Waals surface area (Å²) in [6, 6.07) is 1.72. The zero-order valence-electron chi connectivity index (χ0n) is 12.1. The molecule has 0 atom stereocenters. The third-order valence-electron chi connectivity index (χ3n) is 3.44. The van der Waals surface area contributed by atoms with E-state index in [1.54, 1.807) is 25.6 Å². The molecule has 0 spiro atoms. The van der Waals surface area contributed by atoms with Crippen molar-refractivity contribution in [2.24, 2.45) is 0 Å². The van der Waals surface area contributed by atoms with Gasteiger partial charge in [-0.05, 0) is 0 Å². The molecule has 2 aromatic heterocycles. The van der Waals surface area contributed by atoms with Crippen LogP contribution in [-0.4, -0.2) is 53.2 Å². The summed E-state index contributed by atoms with van der Waals surface area (Å²) in [6.07, 6.45) is 3.32. The average molecular weight is 322 g/mol. The second-order valence-electron chi connectivity index (χ2n) is 4.80. The zero-order chi connectivity index (χ0) is 15.5. The summed E-state index contributed by atoms with van der Waals surface area (Å²) < 4.78 is 5.11. The number of rotatable bonds is 3. The number of nitrogens with zero attached hydrogens (tertiary/aromatic N) is 6. The molecule has 116 valence electrons. The van der Waals surface area contributed by atoms with Gasteiger partial charge < -0.3 is 20.3 Å². The van der Waals surface area contributed by atoms with E-state index in [-0.39, 0.29) is 5.95 Å². The Hall–Kier alpha value is -2.35. The molecule has 0 saturated carbocycles. The number of anilines is 3. The Morgan fingerprint density at radius 3 is 2.36 bits per heavy atom. The Balaban J connectivity index is 1.69. The molecular formula is C13H16ClN7O. The number of hydrogen-bond donors (Lipinski definition) is 1. The van der Waals surface area contributed by atoms with Crippen LogP contribution in [0.15, 0.2) is 18.5 Å². The Kier molecular flexibility index (Phi) is 4.10. The molecule has 1 saturated heterocycles. The van der Waals surface area contributed by atoms with Gasteiger partial charge in [-0.15, -0.1) is 0 Å². The van der Waals surface area contributed by atoms with Crippen LogP contribution in [0.25, 0.3) is 0 Å². The van der Waals surface area contributed by atoms with Crippen molar-refractivity contribution in [3.63, 3.8) is 0 Å². The Morgan fingerprint density at radius 1 is 1.05 bits per heavy atom. The molecule has 0 aromatic carbocycles. The lowest BCUT2D eigenvalue weighted by Gasteiger charge is -2.35. The van der Waals surface area contributed by atoms with Crippen molar-refractivity contribution >= 4 is 29.2 Å². The van der Waals surface area contributed by atoms with E-state index < -0.39 is 0 Å². The summed E-state index contributed by atoms with van der Waals surface area (Å²) >= 11 is 5.93. The first kappa shape index (κ1) is 14.6. The molecule has 0 bridgehead atoms. The number of ether oxygens (including phenoxy) is 1. The van der Waals surface area contributed by atoms with Gasteiger partial charge in [0.1, 0.15) is 11.0 Å². The Labute approximate surface area is 132 Å². The number of hydrogen-bond acceptors (Lipinski definition) is 8. The van der Waals surface area contributed by atoms with E-state index in [1.165, 1.54) is 0 Å². The highest BCUT2D eigenvalue weighted by molar-refractivity contribution is 6.29. The second-order valence-corrected chi connectivity index (χ2v) is 5.19. The van der Waals surface area contributed by atoms with Crippen LogP contribution in [0.5, 0.6) is 5.88 Å². The lowest BCUT2D eigenvalue weighted by Crippen LogP contribution is -2.47. The molecule has 22 heavy (non-hydrogen) atoms. The fourth-order valence-electron chi connectivity index (χ4n) is 2.34. The lowest BCUT2D eigenvalue weighted by molar-refractivity contribution is 0.395. The molecule has 0 amide bonds. The first-order valence-electron chi connectivity index (χ1n) is 6.81. The summed E-state index contributed by atoms with van der Waals surface area (Å²) in [4.78, 5) is 20.9. The predicted molar refractivity (Wildman–Crippen MR) is 84.5 cm³/mol. The molecule has 1 aliphatic heterocycles. The van der Waals surface area contributed by atoms with Crippen molar-refractivity contribution < 1.29 is 4.74 Å². The topological polar surface area (TPSA) is 93.3 Å². The summed E-state index contributed by atoms with van der Waals surface area (Å²) in [5.74, 6) is 2.24. The van der Waals surface area contributed by atoms with Crippen molar-refractivity contribution in [2.45, 2.75) is 0 Å². The van der Waals surface area contributed by atoms with Gasteiger partial charge in [0.25, 0.3) is 0 Å². The van der Waals surface area contributed by atoms with Crippen LogP contribution in [-0.2, 0) is 0 Å². The van der Waals surface area contributed by atoms with Crippen LogP contribution in [0.2, 0.25) is 5.15 Å². The number of halogens is 1. The monoisotopic (exact) mass is 321 g/mol. The summed E-state index contributed by atoms with van der Waals surface area (Å²) in [5.41, 5.74) is 5.64. The number of aromatic nitrogens is 4. The molecule has 1 fully saturated rings. The molecule has 2 N–H and O–H groups in total. The maximum atomic E-state index is 5.93. The number of methoxy groups -OCH3 is 1. The predicted octanol–water partition coefficient (Wildman–Crippen LogP) is 0.837. The quantitative estimate of drug-likeness (QED) is 0.831. The minimum Gasteiger partial charge on any atom is -0.480 e. The smallest absolute Gasteiger partial charge is 0.233 e. The molecule has 0 aliphatic carbocycles. The normalized spacial score (nSPS) is 15.0. The van der Waals surface area contributed by atoms with E-state index in [1.807, 2.05) is 0 Å². The van der Waals surface area contributed by atoms with Gasteiger partial charge in [0.2, 0.25) is 11.8 Å². The minimum atomic E-state index is 0.184. The van der Waals surface area contributed by atoms with Crippen molar-refractivity contribution in [1.82, 2.24) is 19.9 Å². The van der Waals surface area contributed by atoms with E-state index in [2.05, 4.69) is 29.7 Å². The van der Waals surface area contributed by atoms with Gasteiger partial charge in [0.15, 0.2) is 5.82 Å². The third-order valence-corrected chi connectivity index (χ3v) is 3.63. The molecule has 0 radical (unpaired) electrons. The SMILES string of the molecule is COc1cncc(N2CCN(c3cc(Cl)nc(N)n3)CC2)n1. The van der Waals surface area contributed by atoms with Crippen LogP contribution in [0.1, 0.15) is 0 Å². The van der Waals surface area contributed by atoms with Crippen molar-refractivity contribution in [3.05, 3.63) is 23.6 Å². The van der Waals surface area contributed by atoms with Crippen LogP contribution >= 0.6 is 11.6 Å².